The molecule has 0 aliphatic carbocycles. The zero-order chi connectivity index (χ0) is 12.0. The Morgan fingerprint density at radius 3 is 2.62 bits per heavy atom. The highest BCUT2D eigenvalue weighted by Crippen LogP contribution is 2.18. The van der Waals surface area contributed by atoms with Crippen LogP contribution in [0.4, 0.5) is 0 Å². The van der Waals surface area contributed by atoms with Crippen molar-refractivity contribution in [2.24, 2.45) is 0 Å². The van der Waals surface area contributed by atoms with E-state index in [2.05, 4.69) is 52.9 Å². The lowest BCUT2D eigenvalue weighted by atomic mass is 10.1. The van der Waals surface area contributed by atoms with E-state index < -0.39 is 0 Å². The topological polar surface area (TPSA) is 23.5 Å². The van der Waals surface area contributed by atoms with Gasteiger partial charge in [0.05, 0.1) is 6.61 Å². The Morgan fingerprint density at radius 1 is 1.31 bits per heavy atom. The van der Waals surface area contributed by atoms with Gasteiger partial charge in [0.1, 0.15) is 0 Å². The van der Waals surface area contributed by atoms with Gasteiger partial charge in [-0.25, -0.2) is 0 Å². The summed E-state index contributed by atoms with van der Waals surface area (Å²) in [5.74, 6) is 0. The standard InChI is InChI=1S/C13H20BrNO/c1-3-6-15(7-8-16)10-12-5-4-11(2)13(14)9-12/h4-5,9,16H,3,6-8,10H2,1-2H3. The summed E-state index contributed by atoms with van der Waals surface area (Å²) in [4.78, 5) is 2.27. The Bertz CT molecular complexity index is 322. The van der Waals surface area contributed by atoms with Crippen LogP contribution in [-0.2, 0) is 6.54 Å². The molecule has 3 heteroatoms. The molecule has 0 atom stereocenters. The lowest BCUT2D eigenvalue weighted by molar-refractivity contribution is 0.190. The van der Waals surface area contributed by atoms with Crippen LogP contribution in [0.1, 0.15) is 24.5 Å². The molecule has 0 heterocycles. The SMILES string of the molecule is CCCN(CCO)Cc1ccc(C)c(Br)c1. The average molecular weight is 286 g/mol. The minimum Gasteiger partial charge on any atom is -0.395 e. The van der Waals surface area contributed by atoms with Gasteiger partial charge in [0.15, 0.2) is 0 Å². The predicted molar refractivity (Wildman–Crippen MR) is 71.5 cm³/mol. The third-order valence-electron chi connectivity index (χ3n) is 2.60. The van der Waals surface area contributed by atoms with Crippen molar-refractivity contribution < 1.29 is 5.11 Å². The summed E-state index contributed by atoms with van der Waals surface area (Å²) in [6.07, 6.45) is 1.12. The molecule has 2 nitrogen and oxygen atoms in total. The first kappa shape index (κ1) is 13.7. The second-order valence-corrected chi connectivity index (χ2v) is 4.94. The molecule has 0 aromatic heterocycles. The second-order valence-electron chi connectivity index (χ2n) is 4.08. The van der Waals surface area contributed by atoms with E-state index >= 15 is 0 Å². The van der Waals surface area contributed by atoms with Crippen LogP contribution in [0.25, 0.3) is 0 Å². The zero-order valence-electron chi connectivity index (χ0n) is 10.0. The Morgan fingerprint density at radius 2 is 2.06 bits per heavy atom. The molecule has 1 rings (SSSR count). The van der Waals surface area contributed by atoms with Crippen LogP contribution in [0.3, 0.4) is 0 Å². The Balaban J connectivity index is 2.65. The van der Waals surface area contributed by atoms with Crippen molar-refractivity contribution in [1.29, 1.82) is 0 Å². The number of aliphatic hydroxyl groups is 1. The molecule has 0 aliphatic rings. The molecule has 1 N–H and O–H groups in total. The van der Waals surface area contributed by atoms with Gasteiger partial charge >= 0.3 is 0 Å². The number of aryl methyl sites for hydroxylation is 1. The molecule has 0 saturated carbocycles. The van der Waals surface area contributed by atoms with Crippen molar-refractivity contribution in [3.05, 3.63) is 33.8 Å². The number of benzene rings is 1. The van der Waals surface area contributed by atoms with E-state index in [1.165, 1.54) is 11.1 Å². The maximum atomic E-state index is 8.99. The van der Waals surface area contributed by atoms with E-state index in [-0.39, 0.29) is 6.61 Å². The van der Waals surface area contributed by atoms with E-state index in [1.54, 1.807) is 0 Å². The van der Waals surface area contributed by atoms with Gasteiger partial charge in [-0.05, 0) is 37.1 Å². The molecular weight excluding hydrogens is 266 g/mol. The van der Waals surface area contributed by atoms with Gasteiger partial charge in [0, 0.05) is 17.6 Å². The molecule has 0 aliphatic heterocycles. The van der Waals surface area contributed by atoms with E-state index in [9.17, 15) is 0 Å². The summed E-state index contributed by atoms with van der Waals surface area (Å²) in [7, 11) is 0. The molecule has 0 radical (unpaired) electrons. The van der Waals surface area contributed by atoms with Gasteiger partial charge in [0.25, 0.3) is 0 Å². The molecule has 0 fully saturated rings. The summed E-state index contributed by atoms with van der Waals surface area (Å²) in [5, 5.41) is 8.99. The van der Waals surface area contributed by atoms with Gasteiger partial charge in [-0.2, -0.15) is 0 Å². The van der Waals surface area contributed by atoms with Gasteiger partial charge in [-0.1, -0.05) is 35.0 Å². The molecule has 16 heavy (non-hydrogen) atoms. The van der Waals surface area contributed by atoms with Gasteiger partial charge in [-0.3, -0.25) is 4.90 Å². The lowest BCUT2D eigenvalue weighted by Crippen LogP contribution is -2.27. The molecule has 1 aromatic rings. The van der Waals surface area contributed by atoms with Crippen LogP contribution in [-0.4, -0.2) is 29.7 Å². The summed E-state index contributed by atoms with van der Waals surface area (Å²) in [6.45, 7) is 7.17. The van der Waals surface area contributed by atoms with E-state index in [4.69, 9.17) is 5.11 Å². The molecular formula is C13H20BrNO. The molecule has 90 valence electrons. The van der Waals surface area contributed by atoms with Crippen molar-refractivity contribution in [2.75, 3.05) is 19.7 Å². The molecule has 0 bridgehead atoms. The highest BCUT2D eigenvalue weighted by Gasteiger charge is 2.05. The Hall–Kier alpha value is -0.380. The van der Waals surface area contributed by atoms with Crippen LogP contribution in [0.2, 0.25) is 0 Å². The highest BCUT2D eigenvalue weighted by atomic mass is 79.9. The van der Waals surface area contributed by atoms with Crippen molar-refractivity contribution in [3.8, 4) is 0 Å². The fourth-order valence-electron chi connectivity index (χ4n) is 1.72. The van der Waals surface area contributed by atoms with Gasteiger partial charge < -0.3 is 5.11 Å². The molecule has 0 unspecified atom stereocenters. The number of nitrogens with zero attached hydrogens (tertiary/aromatic N) is 1. The van der Waals surface area contributed by atoms with Crippen molar-refractivity contribution >= 4 is 15.9 Å². The van der Waals surface area contributed by atoms with Gasteiger partial charge in [-0.15, -0.1) is 0 Å². The minimum absolute atomic E-state index is 0.229. The van der Waals surface area contributed by atoms with Crippen molar-refractivity contribution in [1.82, 2.24) is 4.90 Å². The van der Waals surface area contributed by atoms with E-state index in [1.807, 2.05) is 0 Å². The monoisotopic (exact) mass is 285 g/mol. The maximum absolute atomic E-state index is 8.99. The average Bonchev–Trinajstić information content (AvgIpc) is 2.24. The largest absolute Gasteiger partial charge is 0.395 e. The summed E-state index contributed by atoms with van der Waals surface area (Å²) >= 11 is 3.55. The fraction of sp³-hybridized carbons (Fsp3) is 0.538. The van der Waals surface area contributed by atoms with Crippen LogP contribution >= 0.6 is 15.9 Å². The number of rotatable bonds is 6. The fourth-order valence-corrected chi connectivity index (χ4v) is 2.15. The smallest absolute Gasteiger partial charge is 0.0558 e. The van der Waals surface area contributed by atoms with Crippen molar-refractivity contribution in [3.63, 3.8) is 0 Å². The first-order chi connectivity index (χ1) is 7.67. The van der Waals surface area contributed by atoms with Crippen LogP contribution in [0.15, 0.2) is 22.7 Å². The second kappa shape index (κ2) is 7.05. The first-order valence-electron chi connectivity index (χ1n) is 5.75. The molecule has 1 aromatic carbocycles. The highest BCUT2D eigenvalue weighted by molar-refractivity contribution is 9.10. The Kier molecular flexibility index (Phi) is 6.03. The quantitative estimate of drug-likeness (QED) is 0.869. The number of hydrogen-bond acceptors (Lipinski definition) is 2. The lowest BCUT2D eigenvalue weighted by Gasteiger charge is -2.20. The third-order valence-corrected chi connectivity index (χ3v) is 3.45. The maximum Gasteiger partial charge on any atom is 0.0558 e. The molecule has 0 saturated heterocycles. The number of aliphatic hydroxyl groups excluding tert-OH is 1. The summed E-state index contributed by atoms with van der Waals surface area (Å²) < 4.78 is 1.16. The number of hydrogen-bond donors (Lipinski definition) is 1. The predicted octanol–water partition coefficient (Wildman–Crippen LogP) is 2.96. The van der Waals surface area contributed by atoms with Gasteiger partial charge in [0.2, 0.25) is 0 Å². The normalized spacial score (nSPS) is 11.1. The molecule has 0 amide bonds. The van der Waals surface area contributed by atoms with E-state index in [0.29, 0.717) is 0 Å². The van der Waals surface area contributed by atoms with Crippen LogP contribution < -0.4 is 0 Å². The van der Waals surface area contributed by atoms with Crippen LogP contribution in [0.5, 0.6) is 0 Å². The van der Waals surface area contributed by atoms with Crippen molar-refractivity contribution in [2.45, 2.75) is 26.8 Å². The third kappa shape index (κ3) is 4.24. The van der Waals surface area contributed by atoms with E-state index in [0.717, 1.165) is 30.5 Å². The first-order valence-corrected chi connectivity index (χ1v) is 6.55. The Labute approximate surface area is 106 Å². The number of halogens is 1. The molecule has 0 spiro atoms. The summed E-state index contributed by atoms with van der Waals surface area (Å²) in [6, 6.07) is 6.44. The van der Waals surface area contributed by atoms with Crippen LogP contribution in [0, 0.1) is 6.92 Å². The zero-order valence-corrected chi connectivity index (χ0v) is 11.6. The summed E-state index contributed by atoms with van der Waals surface area (Å²) in [5.41, 5.74) is 2.55. The minimum atomic E-state index is 0.229.